The molecule has 6 nitrogen and oxygen atoms in total. The fourth-order valence-corrected chi connectivity index (χ4v) is 3.02. The number of carbonyl (C=O) groups excluding carboxylic acids is 1. The molecule has 1 aliphatic rings. The summed E-state index contributed by atoms with van der Waals surface area (Å²) >= 11 is 0. The molecule has 25 heavy (non-hydrogen) atoms. The average Bonchev–Trinajstić information content (AvgIpc) is 2.62. The van der Waals surface area contributed by atoms with Crippen LogP contribution in [0.15, 0.2) is 23.2 Å². The molecule has 0 aliphatic carbocycles. The molecule has 0 atom stereocenters. The highest BCUT2D eigenvalue weighted by Crippen LogP contribution is 2.24. The highest BCUT2D eigenvalue weighted by Gasteiger charge is 2.22. The Hall–Kier alpha value is -2.24. The van der Waals surface area contributed by atoms with Crippen LogP contribution < -0.4 is 4.90 Å². The van der Waals surface area contributed by atoms with E-state index in [9.17, 15) is 9.90 Å². The average molecular weight is 347 g/mol. The lowest BCUT2D eigenvalue weighted by molar-refractivity contribution is 0.0975. The number of ether oxygens (including phenoxy) is 1. The summed E-state index contributed by atoms with van der Waals surface area (Å²) in [6, 6.07) is 5.88. The third-order valence-corrected chi connectivity index (χ3v) is 4.56. The minimum Gasteiger partial charge on any atom is -0.507 e. The minimum absolute atomic E-state index is 0.174. The summed E-state index contributed by atoms with van der Waals surface area (Å²) in [6.07, 6.45) is 3.13. The molecule has 1 saturated heterocycles. The van der Waals surface area contributed by atoms with E-state index in [1.54, 1.807) is 17.2 Å². The first-order valence-electron chi connectivity index (χ1n) is 9.11. The predicted octanol–water partition coefficient (Wildman–Crippen LogP) is 3.28. The van der Waals surface area contributed by atoms with Gasteiger partial charge < -0.3 is 19.6 Å². The lowest BCUT2D eigenvalue weighted by atomic mass is 10.1. The molecular weight excluding hydrogens is 318 g/mol. The van der Waals surface area contributed by atoms with Gasteiger partial charge in [-0.3, -0.25) is 4.99 Å². The molecule has 0 unspecified atom stereocenters. The summed E-state index contributed by atoms with van der Waals surface area (Å²) in [6.45, 7) is 9.54. The molecule has 0 saturated carbocycles. The van der Waals surface area contributed by atoms with Gasteiger partial charge in [-0.1, -0.05) is 0 Å². The van der Waals surface area contributed by atoms with E-state index in [-0.39, 0.29) is 17.9 Å². The van der Waals surface area contributed by atoms with E-state index >= 15 is 0 Å². The number of nitrogens with zero attached hydrogens (tertiary/aromatic N) is 3. The second kappa shape index (κ2) is 9.30. The summed E-state index contributed by atoms with van der Waals surface area (Å²) < 4.78 is 5.02. The highest BCUT2D eigenvalue weighted by molar-refractivity contribution is 5.84. The number of aliphatic imine (C=N–C) groups is 1. The zero-order valence-electron chi connectivity index (χ0n) is 15.4. The Morgan fingerprint density at radius 2 is 2.00 bits per heavy atom. The largest absolute Gasteiger partial charge is 0.507 e. The van der Waals surface area contributed by atoms with Gasteiger partial charge in [-0.05, 0) is 45.7 Å². The first-order valence-corrected chi connectivity index (χ1v) is 9.11. The standard InChI is InChI=1S/C19H29N3O3/c1-4-21(5-2)17-8-7-15(18(23)13-17)14-20-16-9-11-22(12-10-16)19(24)25-6-3/h7-8,13-14,16,23H,4-6,9-12H2,1-3H3. The van der Waals surface area contributed by atoms with Crippen molar-refractivity contribution in [3.63, 3.8) is 0 Å². The van der Waals surface area contributed by atoms with Gasteiger partial charge in [0.2, 0.25) is 0 Å². The normalized spacial score (nSPS) is 15.6. The van der Waals surface area contributed by atoms with E-state index < -0.39 is 0 Å². The molecule has 2 rings (SSSR count). The predicted molar refractivity (Wildman–Crippen MR) is 101 cm³/mol. The number of carbonyl (C=O) groups is 1. The van der Waals surface area contributed by atoms with Gasteiger partial charge in [-0.25, -0.2) is 4.79 Å². The van der Waals surface area contributed by atoms with Crippen LogP contribution in [0.4, 0.5) is 10.5 Å². The number of aromatic hydroxyl groups is 1. The van der Waals surface area contributed by atoms with Gasteiger partial charge in [0.15, 0.2) is 0 Å². The van der Waals surface area contributed by atoms with Crippen LogP contribution in [0.5, 0.6) is 5.75 Å². The fraction of sp³-hybridized carbons (Fsp3) is 0.579. The number of likely N-dealkylation sites (tertiary alicyclic amines) is 1. The summed E-state index contributed by atoms with van der Waals surface area (Å²) in [5, 5.41) is 10.2. The van der Waals surface area contributed by atoms with Gasteiger partial charge in [0.1, 0.15) is 5.75 Å². The lowest BCUT2D eigenvalue weighted by Crippen LogP contribution is -2.40. The molecule has 1 fully saturated rings. The molecule has 6 heteroatoms. The molecule has 1 heterocycles. The first kappa shape index (κ1) is 19.1. The van der Waals surface area contributed by atoms with Crippen LogP contribution in [-0.2, 0) is 4.74 Å². The Morgan fingerprint density at radius 1 is 1.32 bits per heavy atom. The van der Waals surface area contributed by atoms with Gasteiger partial charge in [0, 0.05) is 49.7 Å². The van der Waals surface area contributed by atoms with Crippen LogP contribution in [0.25, 0.3) is 0 Å². The molecule has 0 spiro atoms. The Kier molecular flexibility index (Phi) is 7.10. The number of phenols is 1. The van der Waals surface area contributed by atoms with Crippen LogP contribution in [0, 0.1) is 0 Å². The van der Waals surface area contributed by atoms with Gasteiger partial charge in [0.25, 0.3) is 0 Å². The number of amides is 1. The van der Waals surface area contributed by atoms with Crippen molar-refractivity contribution >= 4 is 18.0 Å². The van der Waals surface area contributed by atoms with Crippen LogP contribution in [0.2, 0.25) is 0 Å². The zero-order chi connectivity index (χ0) is 18.2. The maximum Gasteiger partial charge on any atom is 0.409 e. The number of phenolic OH excluding ortho intramolecular Hbond substituents is 1. The molecule has 0 radical (unpaired) electrons. The van der Waals surface area contributed by atoms with E-state index in [0.29, 0.717) is 19.7 Å². The first-order chi connectivity index (χ1) is 12.1. The summed E-state index contributed by atoms with van der Waals surface area (Å²) in [5.74, 6) is 0.247. The van der Waals surface area contributed by atoms with Crippen molar-refractivity contribution in [2.45, 2.75) is 39.7 Å². The van der Waals surface area contributed by atoms with Crippen LogP contribution in [0.1, 0.15) is 39.2 Å². The zero-order valence-corrected chi connectivity index (χ0v) is 15.4. The molecule has 1 amide bonds. The molecule has 1 aliphatic heterocycles. The molecule has 138 valence electrons. The van der Waals surface area contributed by atoms with Crippen LogP contribution in [-0.4, -0.2) is 61.1 Å². The van der Waals surface area contributed by atoms with E-state index in [4.69, 9.17) is 4.74 Å². The van der Waals surface area contributed by atoms with Crippen LogP contribution in [0.3, 0.4) is 0 Å². The summed E-state index contributed by atoms with van der Waals surface area (Å²) in [4.78, 5) is 20.2. The van der Waals surface area contributed by atoms with Gasteiger partial charge >= 0.3 is 6.09 Å². The minimum atomic E-state index is -0.241. The monoisotopic (exact) mass is 347 g/mol. The second-order valence-electron chi connectivity index (χ2n) is 6.11. The van der Waals surface area contributed by atoms with Gasteiger partial charge in [-0.2, -0.15) is 0 Å². The Morgan fingerprint density at radius 3 is 2.56 bits per heavy atom. The van der Waals surface area contributed by atoms with Gasteiger partial charge in [0.05, 0.1) is 12.6 Å². The second-order valence-corrected chi connectivity index (χ2v) is 6.11. The maximum atomic E-state index is 11.7. The quantitative estimate of drug-likeness (QED) is 0.802. The number of hydrogen-bond donors (Lipinski definition) is 1. The molecule has 1 N–H and O–H groups in total. The van der Waals surface area contributed by atoms with Crippen molar-refractivity contribution in [3.8, 4) is 5.75 Å². The Bertz CT molecular complexity index is 592. The number of piperidine rings is 1. The number of hydrogen-bond acceptors (Lipinski definition) is 5. The van der Waals surface area contributed by atoms with Crippen molar-refractivity contribution in [2.24, 2.45) is 4.99 Å². The molecular formula is C19H29N3O3. The smallest absolute Gasteiger partial charge is 0.409 e. The molecule has 0 bridgehead atoms. The third kappa shape index (κ3) is 5.11. The molecule has 0 aromatic heterocycles. The SMILES string of the molecule is CCOC(=O)N1CCC(N=Cc2ccc(N(CC)CC)cc2O)CC1. The molecule has 1 aromatic rings. The van der Waals surface area contributed by atoms with Crippen molar-refractivity contribution in [1.82, 2.24) is 4.90 Å². The number of anilines is 1. The van der Waals surface area contributed by atoms with E-state index in [2.05, 4.69) is 23.7 Å². The maximum absolute atomic E-state index is 11.7. The van der Waals surface area contributed by atoms with Crippen molar-refractivity contribution in [3.05, 3.63) is 23.8 Å². The Labute approximate surface area is 150 Å². The topological polar surface area (TPSA) is 65.4 Å². The lowest BCUT2D eigenvalue weighted by Gasteiger charge is -2.29. The van der Waals surface area contributed by atoms with E-state index in [1.165, 1.54) is 0 Å². The fourth-order valence-electron chi connectivity index (χ4n) is 3.02. The summed E-state index contributed by atoms with van der Waals surface area (Å²) in [7, 11) is 0. The van der Waals surface area contributed by atoms with Crippen molar-refractivity contribution < 1.29 is 14.6 Å². The van der Waals surface area contributed by atoms with E-state index in [1.807, 2.05) is 19.1 Å². The van der Waals surface area contributed by atoms with Crippen molar-refractivity contribution in [2.75, 3.05) is 37.7 Å². The van der Waals surface area contributed by atoms with Crippen molar-refractivity contribution in [1.29, 1.82) is 0 Å². The Balaban J connectivity index is 1.93. The summed E-state index contributed by atoms with van der Waals surface area (Å²) in [5.41, 5.74) is 1.74. The highest BCUT2D eigenvalue weighted by atomic mass is 16.6. The van der Waals surface area contributed by atoms with E-state index in [0.717, 1.165) is 37.2 Å². The number of benzene rings is 1. The number of rotatable bonds is 6. The molecule has 1 aromatic carbocycles. The van der Waals surface area contributed by atoms with Gasteiger partial charge in [-0.15, -0.1) is 0 Å². The van der Waals surface area contributed by atoms with Crippen LogP contribution >= 0.6 is 0 Å². The third-order valence-electron chi connectivity index (χ3n) is 4.56.